The van der Waals surface area contributed by atoms with E-state index in [1.54, 1.807) is 0 Å². The van der Waals surface area contributed by atoms with Gasteiger partial charge in [0.25, 0.3) is 5.69 Å². The van der Waals surface area contributed by atoms with E-state index in [1.165, 1.54) is 0 Å². The SMILES string of the molecule is CC(CCC(=O)O)CNc1cc(F)c(Br)cc1[N+](=O)[O-]. The number of benzene rings is 1. The number of nitrogens with one attached hydrogen (secondary N) is 1. The van der Waals surface area contributed by atoms with Crippen LogP contribution in [-0.2, 0) is 4.79 Å². The molecule has 0 radical (unpaired) electrons. The number of nitro groups is 1. The lowest BCUT2D eigenvalue weighted by Gasteiger charge is -2.13. The maximum absolute atomic E-state index is 13.4. The minimum Gasteiger partial charge on any atom is -0.481 e. The van der Waals surface area contributed by atoms with Crippen molar-refractivity contribution in [1.82, 2.24) is 0 Å². The van der Waals surface area contributed by atoms with E-state index < -0.39 is 16.7 Å². The highest BCUT2D eigenvalue weighted by Gasteiger charge is 2.18. The number of nitrogens with zero attached hydrogens (tertiary/aromatic N) is 1. The quantitative estimate of drug-likeness (QED) is 0.581. The Bertz CT molecular complexity index is 524. The summed E-state index contributed by atoms with van der Waals surface area (Å²) >= 11 is 2.90. The maximum atomic E-state index is 13.4. The van der Waals surface area contributed by atoms with Crippen LogP contribution in [0.4, 0.5) is 15.8 Å². The first-order chi connectivity index (χ1) is 9.31. The number of rotatable bonds is 7. The predicted molar refractivity (Wildman–Crippen MR) is 75.3 cm³/mol. The lowest BCUT2D eigenvalue weighted by Crippen LogP contribution is -2.14. The minimum atomic E-state index is -0.891. The molecule has 1 unspecified atom stereocenters. The third-order valence-electron chi connectivity index (χ3n) is 2.73. The zero-order valence-corrected chi connectivity index (χ0v) is 12.3. The maximum Gasteiger partial charge on any atom is 0.303 e. The Morgan fingerprint density at radius 2 is 2.25 bits per heavy atom. The minimum absolute atomic E-state index is 0.00240. The Balaban J connectivity index is 2.74. The van der Waals surface area contributed by atoms with Gasteiger partial charge in [-0.2, -0.15) is 0 Å². The van der Waals surface area contributed by atoms with E-state index >= 15 is 0 Å². The fourth-order valence-corrected chi connectivity index (χ4v) is 1.92. The summed E-state index contributed by atoms with van der Waals surface area (Å²) in [6.45, 7) is 2.15. The number of carboxylic acid groups (broad SMARTS) is 1. The Morgan fingerprint density at radius 3 is 2.80 bits per heavy atom. The molecule has 0 saturated heterocycles. The van der Waals surface area contributed by atoms with Crippen LogP contribution >= 0.6 is 15.9 Å². The van der Waals surface area contributed by atoms with Crippen LogP contribution in [0.5, 0.6) is 0 Å². The van der Waals surface area contributed by atoms with Crippen LogP contribution in [-0.4, -0.2) is 22.5 Å². The van der Waals surface area contributed by atoms with Gasteiger partial charge in [0.05, 0.1) is 9.40 Å². The number of halogens is 2. The van der Waals surface area contributed by atoms with E-state index in [0.29, 0.717) is 13.0 Å². The van der Waals surface area contributed by atoms with E-state index in [2.05, 4.69) is 21.2 Å². The van der Waals surface area contributed by atoms with Gasteiger partial charge in [0.15, 0.2) is 0 Å². The fraction of sp³-hybridized carbons (Fsp3) is 0.417. The molecule has 0 aliphatic heterocycles. The van der Waals surface area contributed by atoms with Crippen LogP contribution < -0.4 is 5.32 Å². The van der Waals surface area contributed by atoms with Crippen molar-refractivity contribution in [3.8, 4) is 0 Å². The molecule has 0 bridgehead atoms. The number of nitro benzene ring substituents is 1. The Hall–Kier alpha value is -1.70. The van der Waals surface area contributed by atoms with Gasteiger partial charge >= 0.3 is 5.97 Å². The molecule has 0 amide bonds. The van der Waals surface area contributed by atoms with Crippen LogP contribution in [0.25, 0.3) is 0 Å². The molecule has 0 aliphatic rings. The monoisotopic (exact) mass is 348 g/mol. The van der Waals surface area contributed by atoms with E-state index in [4.69, 9.17) is 5.11 Å². The molecular formula is C12H14BrFN2O4. The molecule has 0 aliphatic carbocycles. The predicted octanol–water partition coefficient (Wildman–Crippen LogP) is 3.41. The first kappa shape index (κ1) is 16.4. The van der Waals surface area contributed by atoms with Crippen LogP contribution in [0.1, 0.15) is 19.8 Å². The van der Waals surface area contributed by atoms with Gasteiger partial charge in [-0.15, -0.1) is 0 Å². The van der Waals surface area contributed by atoms with Gasteiger partial charge in [0, 0.05) is 25.1 Å². The van der Waals surface area contributed by atoms with Crippen LogP contribution in [0.15, 0.2) is 16.6 Å². The lowest BCUT2D eigenvalue weighted by atomic mass is 10.1. The molecule has 1 atom stereocenters. The van der Waals surface area contributed by atoms with Gasteiger partial charge in [-0.05, 0) is 28.3 Å². The van der Waals surface area contributed by atoms with Crippen molar-refractivity contribution < 1.29 is 19.2 Å². The summed E-state index contributed by atoms with van der Waals surface area (Å²) in [6.07, 6.45) is 0.467. The number of carbonyl (C=O) groups is 1. The van der Waals surface area contributed by atoms with Crippen molar-refractivity contribution in [3.63, 3.8) is 0 Å². The number of carboxylic acids is 1. The second-order valence-corrected chi connectivity index (χ2v) is 5.31. The van der Waals surface area contributed by atoms with Gasteiger partial charge in [0.1, 0.15) is 11.5 Å². The second-order valence-electron chi connectivity index (χ2n) is 4.46. The fourth-order valence-electron chi connectivity index (χ4n) is 1.59. The van der Waals surface area contributed by atoms with Gasteiger partial charge < -0.3 is 10.4 Å². The average Bonchev–Trinajstić information content (AvgIpc) is 2.36. The molecule has 20 heavy (non-hydrogen) atoms. The van der Waals surface area contributed by atoms with E-state index in [0.717, 1.165) is 12.1 Å². The Labute approximate surface area is 123 Å². The van der Waals surface area contributed by atoms with E-state index in [1.807, 2.05) is 6.92 Å². The highest BCUT2D eigenvalue weighted by atomic mass is 79.9. The number of hydrogen-bond acceptors (Lipinski definition) is 4. The first-order valence-electron chi connectivity index (χ1n) is 5.90. The lowest BCUT2D eigenvalue weighted by molar-refractivity contribution is -0.384. The van der Waals surface area contributed by atoms with Crippen molar-refractivity contribution in [2.45, 2.75) is 19.8 Å². The van der Waals surface area contributed by atoms with Crippen molar-refractivity contribution in [1.29, 1.82) is 0 Å². The molecule has 2 N–H and O–H groups in total. The molecule has 0 saturated carbocycles. The highest BCUT2D eigenvalue weighted by Crippen LogP contribution is 2.30. The highest BCUT2D eigenvalue weighted by molar-refractivity contribution is 9.10. The van der Waals surface area contributed by atoms with Crippen LogP contribution in [0, 0.1) is 21.8 Å². The molecule has 8 heteroatoms. The second kappa shape index (κ2) is 7.18. The molecule has 6 nitrogen and oxygen atoms in total. The summed E-state index contributed by atoms with van der Waals surface area (Å²) < 4.78 is 13.4. The van der Waals surface area contributed by atoms with Gasteiger partial charge in [-0.25, -0.2) is 4.39 Å². The summed E-state index contributed by atoms with van der Waals surface area (Å²) in [5.41, 5.74) is -0.151. The molecule has 1 aromatic rings. The smallest absolute Gasteiger partial charge is 0.303 e. The first-order valence-corrected chi connectivity index (χ1v) is 6.69. The summed E-state index contributed by atoms with van der Waals surface area (Å²) in [5.74, 6) is -1.49. The number of anilines is 1. The molecule has 0 fully saturated rings. The normalized spacial score (nSPS) is 11.9. The van der Waals surface area contributed by atoms with Crippen molar-refractivity contribution >= 4 is 33.3 Å². The molecule has 1 aromatic carbocycles. The molecular weight excluding hydrogens is 335 g/mol. The summed E-state index contributed by atoms with van der Waals surface area (Å²) in [7, 11) is 0. The van der Waals surface area contributed by atoms with Gasteiger partial charge in [-0.1, -0.05) is 6.92 Å². The van der Waals surface area contributed by atoms with Crippen molar-refractivity contribution in [2.24, 2.45) is 5.92 Å². The summed E-state index contributed by atoms with van der Waals surface area (Å²) in [5, 5.41) is 22.2. The zero-order chi connectivity index (χ0) is 15.3. The van der Waals surface area contributed by atoms with E-state index in [9.17, 15) is 19.3 Å². The van der Waals surface area contributed by atoms with Gasteiger partial charge in [0.2, 0.25) is 0 Å². The Morgan fingerprint density at radius 1 is 1.60 bits per heavy atom. The third kappa shape index (κ3) is 4.76. The molecule has 0 aromatic heterocycles. The summed E-state index contributed by atoms with van der Waals surface area (Å²) in [6, 6.07) is 2.14. The summed E-state index contributed by atoms with van der Waals surface area (Å²) in [4.78, 5) is 20.7. The van der Waals surface area contributed by atoms with Crippen LogP contribution in [0.2, 0.25) is 0 Å². The number of aliphatic carboxylic acids is 1. The third-order valence-corrected chi connectivity index (χ3v) is 3.33. The molecule has 1 rings (SSSR count). The van der Waals surface area contributed by atoms with E-state index in [-0.39, 0.29) is 28.2 Å². The van der Waals surface area contributed by atoms with Crippen molar-refractivity contribution in [3.05, 3.63) is 32.5 Å². The Kier molecular flexibility index (Phi) is 5.87. The van der Waals surface area contributed by atoms with Crippen molar-refractivity contribution in [2.75, 3.05) is 11.9 Å². The van der Waals surface area contributed by atoms with Gasteiger partial charge in [-0.3, -0.25) is 14.9 Å². The van der Waals surface area contributed by atoms with Crippen LogP contribution in [0.3, 0.4) is 0 Å². The molecule has 110 valence electrons. The standard InChI is InChI=1S/C12H14BrFN2O4/c1-7(2-3-12(17)18)6-15-10-5-9(14)8(13)4-11(10)16(19)20/h4-5,7,15H,2-3,6H2,1H3,(H,17,18). The molecule has 0 spiro atoms. The topological polar surface area (TPSA) is 92.5 Å². The largest absolute Gasteiger partial charge is 0.481 e. The zero-order valence-electron chi connectivity index (χ0n) is 10.7. The molecule has 0 heterocycles. The average molecular weight is 349 g/mol. The number of hydrogen-bond donors (Lipinski definition) is 2.